The van der Waals surface area contributed by atoms with E-state index in [1.165, 1.54) is 58.5 Å². The van der Waals surface area contributed by atoms with Gasteiger partial charge in [0.05, 0.1) is 22.1 Å². The number of furan rings is 1. The van der Waals surface area contributed by atoms with Gasteiger partial charge in [-0.2, -0.15) is 0 Å². The number of para-hydroxylation sites is 2. The van der Waals surface area contributed by atoms with Crippen molar-refractivity contribution in [3.8, 4) is 16.8 Å². The van der Waals surface area contributed by atoms with Gasteiger partial charge in [-0.15, -0.1) is 11.3 Å². The van der Waals surface area contributed by atoms with Crippen molar-refractivity contribution in [2.24, 2.45) is 0 Å². The molecule has 4 heteroatoms. The summed E-state index contributed by atoms with van der Waals surface area (Å²) in [5, 5.41) is 9.62. The summed E-state index contributed by atoms with van der Waals surface area (Å²) in [6.07, 6.45) is 0. The van der Waals surface area contributed by atoms with Crippen LogP contribution in [0.5, 0.6) is 0 Å². The van der Waals surface area contributed by atoms with E-state index < -0.39 is 0 Å². The predicted octanol–water partition coefficient (Wildman–Crippen LogP) is 15.3. The maximum atomic E-state index is 6.69. The highest BCUT2D eigenvalue weighted by molar-refractivity contribution is 7.26. The molecule has 0 unspecified atom stereocenters. The molecule has 262 valence electrons. The first kappa shape index (κ1) is 31.2. The van der Waals surface area contributed by atoms with Gasteiger partial charge in [0.15, 0.2) is 0 Å². The third kappa shape index (κ3) is 4.63. The van der Waals surface area contributed by atoms with Crippen molar-refractivity contribution in [2.75, 3.05) is 4.90 Å². The molecule has 0 spiro atoms. The minimum atomic E-state index is 0.869. The van der Waals surface area contributed by atoms with Gasteiger partial charge in [-0.3, -0.25) is 0 Å². The highest BCUT2D eigenvalue weighted by Gasteiger charge is 2.21. The molecule has 0 N–H and O–H groups in total. The van der Waals surface area contributed by atoms with Crippen LogP contribution in [0.1, 0.15) is 0 Å². The Morgan fingerprint density at radius 2 is 1.07 bits per heavy atom. The van der Waals surface area contributed by atoms with Crippen molar-refractivity contribution in [1.29, 1.82) is 0 Å². The van der Waals surface area contributed by atoms with Crippen LogP contribution in [0.4, 0.5) is 17.1 Å². The number of nitrogens with zero attached hydrogens (tertiary/aromatic N) is 2. The zero-order valence-corrected chi connectivity index (χ0v) is 31.0. The van der Waals surface area contributed by atoms with Gasteiger partial charge in [-0.25, -0.2) is 0 Å². The Labute approximate surface area is 326 Å². The molecule has 12 aromatic rings. The zero-order chi connectivity index (χ0) is 36.7. The summed E-state index contributed by atoms with van der Waals surface area (Å²) in [6.45, 7) is 0. The zero-order valence-electron chi connectivity index (χ0n) is 30.2. The average Bonchev–Trinajstić information content (AvgIpc) is 3.95. The molecule has 12 rings (SSSR count). The summed E-state index contributed by atoms with van der Waals surface area (Å²) in [7, 11) is 0. The molecule has 0 aliphatic carbocycles. The predicted molar refractivity (Wildman–Crippen MR) is 239 cm³/mol. The third-order valence-electron chi connectivity index (χ3n) is 11.4. The van der Waals surface area contributed by atoms with E-state index in [1.807, 2.05) is 11.3 Å². The summed E-state index contributed by atoms with van der Waals surface area (Å²) < 4.78 is 11.7. The Kier molecular flexibility index (Phi) is 6.80. The van der Waals surface area contributed by atoms with E-state index >= 15 is 0 Å². The highest BCUT2D eigenvalue weighted by atomic mass is 32.1. The van der Waals surface area contributed by atoms with Crippen molar-refractivity contribution < 1.29 is 4.42 Å². The molecule has 0 saturated heterocycles. The average molecular weight is 733 g/mol. The van der Waals surface area contributed by atoms with Crippen LogP contribution >= 0.6 is 11.3 Å². The normalized spacial score (nSPS) is 11.9. The Balaban J connectivity index is 1.05. The van der Waals surface area contributed by atoms with Crippen molar-refractivity contribution in [1.82, 2.24) is 4.57 Å². The van der Waals surface area contributed by atoms with Gasteiger partial charge >= 0.3 is 0 Å². The summed E-state index contributed by atoms with van der Waals surface area (Å²) >= 11 is 1.87. The molecule has 0 saturated carbocycles. The molecule has 0 radical (unpaired) electrons. The number of thiophene rings is 1. The molecule has 9 aromatic carbocycles. The minimum absolute atomic E-state index is 0.869. The van der Waals surface area contributed by atoms with Gasteiger partial charge in [0.25, 0.3) is 0 Å². The van der Waals surface area contributed by atoms with Crippen molar-refractivity contribution in [3.05, 3.63) is 194 Å². The fourth-order valence-corrected chi connectivity index (χ4v) is 10.1. The smallest absolute Gasteiger partial charge is 0.143 e. The number of hydrogen-bond donors (Lipinski definition) is 0. The standard InChI is InChI=1S/C52H32N2OS/c1-2-12-38-33(11-1)25-32-44-50-47(20-10-21-48(50)55-51(38)44)53(35-26-23-34(24-27-35)39-16-9-17-43-42-15-5-8-22-49(42)56-52(39)43)36-28-30-37(31-29-36)54-45-18-6-3-13-40(45)41-14-4-7-19-46(41)54/h1-32H. The highest BCUT2D eigenvalue weighted by Crippen LogP contribution is 2.46. The topological polar surface area (TPSA) is 21.3 Å². The lowest BCUT2D eigenvalue weighted by Crippen LogP contribution is -2.10. The molecule has 0 atom stereocenters. The summed E-state index contributed by atoms with van der Waals surface area (Å²) in [6, 6.07) is 70.1. The van der Waals surface area contributed by atoms with Crippen molar-refractivity contribution in [2.45, 2.75) is 0 Å². The Morgan fingerprint density at radius 1 is 0.446 bits per heavy atom. The quantitative estimate of drug-likeness (QED) is 0.176. The molecule has 3 nitrogen and oxygen atoms in total. The van der Waals surface area contributed by atoms with Crippen LogP contribution in [0.15, 0.2) is 199 Å². The Hall–Kier alpha value is -7.14. The fraction of sp³-hybridized carbons (Fsp3) is 0. The van der Waals surface area contributed by atoms with Gasteiger partial charge in [0, 0.05) is 58.8 Å². The van der Waals surface area contributed by atoms with Gasteiger partial charge in [0.2, 0.25) is 0 Å². The van der Waals surface area contributed by atoms with Crippen LogP contribution in [-0.4, -0.2) is 4.57 Å². The van der Waals surface area contributed by atoms with Gasteiger partial charge in [0.1, 0.15) is 11.2 Å². The first-order chi connectivity index (χ1) is 27.8. The number of hydrogen-bond acceptors (Lipinski definition) is 3. The Bertz CT molecular complexity index is 3420. The number of fused-ring (bicyclic) bond motifs is 11. The van der Waals surface area contributed by atoms with Gasteiger partial charge < -0.3 is 13.9 Å². The summed E-state index contributed by atoms with van der Waals surface area (Å²) in [5.41, 5.74) is 11.0. The van der Waals surface area contributed by atoms with E-state index in [9.17, 15) is 0 Å². The van der Waals surface area contributed by atoms with Crippen LogP contribution in [0, 0.1) is 0 Å². The molecule has 0 aliphatic rings. The first-order valence-electron chi connectivity index (χ1n) is 19.0. The molecule has 0 aliphatic heterocycles. The maximum absolute atomic E-state index is 6.69. The number of benzene rings is 9. The van der Waals surface area contributed by atoms with E-state index in [0.717, 1.165) is 50.1 Å². The molecule has 0 fully saturated rings. The largest absolute Gasteiger partial charge is 0.455 e. The SMILES string of the molecule is c1ccc2c(c1)ccc1c2oc2cccc(N(c3ccc(-c4cccc5c4sc4ccccc45)cc3)c3ccc(-n4c5ccccc5c5ccccc54)cc3)c21. The minimum Gasteiger partial charge on any atom is -0.455 e. The molecular weight excluding hydrogens is 701 g/mol. The van der Waals surface area contributed by atoms with E-state index in [1.54, 1.807) is 0 Å². The van der Waals surface area contributed by atoms with Gasteiger partial charge in [-0.05, 0) is 89.3 Å². The number of anilines is 3. The van der Waals surface area contributed by atoms with E-state index in [2.05, 4.69) is 204 Å². The van der Waals surface area contributed by atoms with Crippen molar-refractivity contribution >= 4 is 103 Å². The molecule has 3 heterocycles. The summed E-state index contributed by atoms with van der Waals surface area (Å²) in [4.78, 5) is 2.38. The van der Waals surface area contributed by atoms with Crippen LogP contribution in [0.25, 0.3) is 91.5 Å². The number of aromatic nitrogens is 1. The van der Waals surface area contributed by atoms with Crippen LogP contribution in [-0.2, 0) is 0 Å². The van der Waals surface area contributed by atoms with Crippen LogP contribution in [0.3, 0.4) is 0 Å². The number of rotatable bonds is 5. The monoisotopic (exact) mass is 732 g/mol. The second kappa shape index (κ2) is 12.2. The molecule has 3 aromatic heterocycles. The second-order valence-electron chi connectivity index (χ2n) is 14.5. The van der Waals surface area contributed by atoms with Crippen LogP contribution in [0.2, 0.25) is 0 Å². The fourth-order valence-electron chi connectivity index (χ4n) is 8.86. The molecule has 0 amide bonds. The maximum Gasteiger partial charge on any atom is 0.143 e. The van der Waals surface area contributed by atoms with Gasteiger partial charge in [-0.1, -0.05) is 121 Å². The van der Waals surface area contributed by atoms with Crippen molar-refractivity contribution in [3.63, 3.8) is 0 Å². The Morgan fingerprint density at radius 3 is 1.84 bits per heavy atom. The second-order valence-corrected chi connectivity index (χ2v) is 15.5. The molecule has 0 bridgehead atoms. The van der Waals surface area contributed by atoms with E-state index in [-0.39, 0.29) is 0 Å². The third-order valence-corrected chi connectivity index (χ3v) is 12.6. The first-order valence-corrected chi connectivity index (χ1v) is 19.8. The van der Waals surface area contributed by atoms with Crippen LogP contribution < -0.4 is 4.90 Å². The van der Waals surface area contributed by atoms with E-state index in [4.69, 9.17) is 4.42 Å². The lowest BCUT2D eigenvalue weighted by Gasteiger charge is -2.27. The summed E-state index contributed by atoms with van der Waals surface area (Å²) in [5.74, 6) is 0. The van der Waals surface area contributed by atoms with E-state index in [0.29, 0.717) is 0 Å². The molecular formula is C52H32N2OS. The lowest BCUT2D eigenvalue weighted by atomic mass is 10.0. The lowest BCUT2D eigenvalue weighted by molar-refractivity contribution is 0.672. The molecule has 56 heavy (non-hydrogen) atoms.